The average molecular weight is 242 g/mol. The fraction of sp³-hybridized carbons (Fsp3) is 0.571. The van der Waals surface area contributed by atoms with Gasteiger partial charge in [0.2, 0.25) is 0 Å². The average Bonchev–Trinajstić information content (AvgIpc) is 2.20. The van der Waals surface area contributed by atoms with Gasteiger partial charge < -0.3 is 5.11 Å². The van der Waals surface area contributed by atoms with Crippen LogP contribution in [0.4, 0.5) is 8.78 Å². The van der Waals surface area contributed by atoms with Crippen LogP contribution in [0.15, 0.2) is 18.2 Å². The highest BCUT2D eigenvalue weighted by Gasteiger charge is 2.25. The topological polar surface area (TPSA) is 20.2 Å². The van der Waals surface area contributed by atoms with Crippen LogP contribution in [-0.4, -0.2) is 5.11 Å². The van der Waals surface area contributed by atoms with Gasteiger partial charge in [-0.1, -0.05) is 39.8 Å². The van der Waals surface area contributed by atoms with Crippen LogP contribution < -0.4 is 0 Å². The van der Waals surface area contributed by atoms with Crippen LogP contribution in [0.5, 0.6) is 0 Å². The number of hydrogen-bond donors (Lipinski definition) is 1. The molecule has 0 spiro atoms. The molecule has 3 heteroatoms. The van der Waals surface area contributed by atoms with E-state index < -0.39 is 17.7 Å². The van der Waals surface area contributed by atoms with Gasteiger partial charge in [-0.05, 0) is 23.8 Å². The molecule has 96 valence electrons. The molecule has 0 amide bonds. The normalized spacial score (nSPS) is 15.7. The minimum Gasteiger partial charge on any atom is -0.388 e. The fourth-order valence-electron chi connectivity index (χ4n) is 1.59. The van der Waals surface area contributed by atoms with Crippen LogP contribution in [0.1, 0.15) is 45.8 Å². The van der Waals surface area contributed by atoms with Crippen LogP contribution in [-0.2, 0) is 0 Å². The third-order valence-corrected chi connectivity index (χ3v) is 3.40. The molecule has 0 fully saturated rings. The van der Waals surface area contributed by atoms with E-state index in [-0.39, 0.29) is 16.9 Å². The first-order valence-electron chi connectivity index (χ1n) is 5.85. The zero-order valence-corrected chi connectivity index (χ0v) is 10.8. The molecule has 0 saturated heterocycles. The third-order valence-electron chi connectivity index (χ3n) is 3.40. The summed E-state index contributed by atoms with van der Waals surface area (Å²) in [5.41, 5.74) is 0.0752. The Labute approximate surface area is 101 Å². The summed E-state index contributed by atoms with van der Waals surface area (Å²) in [6.45, 7) is 8.19. The van der Waals surface area contributed by atoms with Gasteiger partial charge in [-0.15, -0.1) is 0 Å². The van der Waals surface area contributed by atoms with E-state index in [1.165, 1.54) is 12.1 Å². The van der Waals surface area contributed by atoms with Crippen molar-refractivity contribution < 1.29 is 13.9 Å². The molecule has 2 unspecified atom stereocenters. The molecule has 1 nitrogen and oxygen atoms in total. The Morgan fingerprint density at radius 1 is 1.24 bits per heavy atom. The van der Waals surface area contributed by atoms with Crippen molar-refractivity contribution in [3.63, 3.8) is 0 Å². The van der Waals surface area contributed by atoms with E-state index in [1.807, 2.05) is 6.92 Å². The summed E-state index contributed by atoms with van der Waals surface area (Å²) in [6.07, 6.45) is -0.538. The number of aliphatic hydroxyl groups is 1. The first-order valence-corrected chi connectivity index (χ1v) is 5.85. The second-order valence-electron chi connectivity index (χ2n) is 5.66. The number of rotatable bonds is 3. The molecular weight excluding hydrogens is 222 g/mol. The fourth-order valence-corrected chi connectivity index (χ4v) is 1.59. The maximum atomic E-state index is 13.5. The molecule has 1 N–H and O–H groups in total. The van der Waals surface area contributed by atoms with E-state index in [0.717, 1.165) is 6.07 Å². The minimum atomic E-state index is -0.958. The summed E-state index contributed by atoms with van der Waals surface area (Å²) in [5, 5.41) is 9.95. The van der Waals surface area contributed by atoms with E-state index in [1.54, 1.807) is 0 Å². The highest BCUT2D eigenvalue weighted by molar-refractivity contribution is 5.21. The van der Waals surface area contributed by atoms with Crippen molar-refractivity contribution in [2.24, 2.45) is 11.3 Å². The molecule has 0 bridgehead atoms. The lowest BCUT2D eigenvalue weighted by atomic mass is 9.78. The molecule has 0 aliphatic rings. The summed E-state index contributed by atoms with van der Waals surface area (Å²) in [4.78, 5) is 0. The number of halogens is 2. The highest BCUT2D eigenvalue weighted by atomic mass is 19.2. The zero-order chi connectivity index (χ0) is 13.2. The van der Waals surface area contributed by atoms with E-state index in [4.69, 9.17) is 0 Å². The Morgan fingerprint density at radius 2 is 1.82 bits per heavy atom. The van der Waals surface area contributed by atoms with Gasteiger partial charge in [0.15, 0.2) is 11.6 Å². The second kappa shape index (κ2) is 5.13. The summed E-state index contributed by atoms with van der Waals surface area (Å²) < 4.78 is 26.5. The van der Waals surface area contributed by atoms with Gasteiger partial charge in [0.05, 0.1) is 6.10 Å². The zero-order valence-electron chi connectivity index (χ0n) is 10.8. The Morgan fingerprint density at radius 3 is 2.35 bits per heavy atom. The first kappa shape index (κ1) is 14.1. The van der Waals surface area contributed by atoms with Gasteiger partial charge in [-0.25, -0.2) is 8.78 Å². The van der Waals surface area contributed by atoms with Gasteiger partial charge in [0.25, 0.3) is 0 Å². The molecule has 17 heavy (non-hydrogen) atoms. The van der Waals surface area contributed by atoms with Gasteiger partial charge in [-0.2, -0.15) is 0 Å². The lowest BCUT2D eigenvalue weighted by Gasteiger charge is -2.29. The number of benzene rings is 1. The van der Waals surface area contributed by atoms with E-state index in [0.29, 0.717) is 6.42 Å². The van der Waals surface area contributed by atoms with Crippen LogP contribution in [0.2, 0.25) is 0 Å². The molecule has 1 aromatic rings. The summed E-state index contributed by atoms with van der Waals surface area (Å²) in [5.74, 6) is -1.65. The van der Waals surface area contributed by atoms with Crippen LogP contribution in [0.25, 0.3) is 0 Å². The molecule has 1 aromatic carbocycles. The molecule has 0 heterocycles. The molecule has 0 aromatic heterocycles. The van der Waals surface area contributed by atoms with Crippen molar-refractivity contribution >= 4 is 0 Å². The van der Waals surface area contributed by atoms with Crippen LogP contribution >= 0.6 is 0 Å². The molecule has 0 radical (unpaired) electrons. The number of aliphatic hydroxyl groups excluding tert-OH is 1. The summed E-state index contributed by atoms with van der Waals surface area (Å²) in [6, 6.07) is 3.90. The van der Waals surface area contributed by atoms with Crippen molar-refractivity contribution in [3.05, 3.63) is 35.4 Å². The molecule has 1 rings (SSSR count). The van der Waals surface area contributed by atoms with Gasteiger partial charge >= 0.3 is 0 Å². The van der Waals surface area contributed by atoms with Crippen LogP contribution in [0.3, 0.4) is 0 Å². The first-order chi connectivity index (χ1) is 7.73. The minimum absolute atomic E-state index is 0.0325. The maximum absolute atomic E-state index is 13.5. The molecule has 2 atom stereocenters. The standard InChI is InChI=1S/C14H20F2O/c1-9(14(2,3)4)8-12(17)10-6-5-7-11(15)13(10)16/h5-7,9,12,17H,8H2,1-4H3. The SMILES string of the molecule is CC(CC(O)c1cccc(F)c1F)C(C)(C)C. The van der Waals surface area contributed by atoms with Gasteiger partial charge in [0, 0.05) is 5.56 Å². The number of hydrogen-bond acceptors (Lipinski definition) is 1. The van der Waals surface area contributed by atoms with Crippen molar-refractivity contribution in [1.29, 1.82) is 0 Å². The largest absolute Gasteiger partial charge is 0.388 e. The highest BCUT2D eigenvalue weighted by Crippen LogP contribution is 2.34. The van der Waals surface area contributed by atoms with Crippen molar-refractivity contribution in [1.82, 2.24) is 0 Å². The Balaban J connectivity index is 2.84. The quantitative estimate of drug-likeness (QED) is 0.847. The van der Waals surface area contributed by atoms with Crippen molar-refractivity contribution in [3.8, 4) is 0 Å². The lowest BCUT2D eigenvalue weighted by molar-refractivity contribution is 0.107. The Bertz CT molecular complexity index is 382. The third kappa shape index (κ3) is 3.50. The lowest BCUT2D eigenvalue weighted by Crippen LogP contribution is -2.20. The van der Waals surface area contributed by atoms with Crippen LogP contribution in [0, 0.1) is 23.0 Å². The van der Waals surface area contributed by atoms with Gasteiger partial charge in [-0.3, -0.25) is 0 Å². The van der Waals surface area contributed by atoms with E-state index >= 15 is 0 Å². The maximum Gasteiger partial charge on any atom is 0.164 e. The smallest absolute Gasteiger partial charge is 0.164 e. The predicted molar refractivity (Wildman–Crippen MR) is 64.6 cm³/mol. The molecular formula is C14H20F2O. The van der Waals surface area contributed by atoms with Gasteiger partial charge in [0.1, 0.15) is 0 Å². The Kier molecular flexibility index (Phi) is 4.26. The molecule has 0 aliphatic carbocycles. The van der Waals surface area contributed by atoms with Crippen molar-refractivity contribution in [2.45, 2.75) is 40.2 Å². The van der Waals surface area contributed by atoms with Crippen molar-refractivity contribution in [2.75, 3.05) is 0 Å². The van der Waals surface area contributed by atoms with E-state index in [9.17, 15) is 13.9 Å². The Hall–Kier alpha value is -0.960. The second-order valence-corrected chi connectivity index (χ2v) is 5.66. The molecule has 0 aliphatic heterocycles. The summed E-state index contributed by atoms with van der Waals surface area (Å²) in [7, 11) is 0. The van der Waals surface area contributed by atoms with E-state index in [2.05, 4.69) is 20.8 Å². The predicted octanol–water partition coefficient (Wildman–Crippen LogP) is 4.07. The molecule has 0 saturated carbocycles. The monoisotopic (exact) mass is 242 g/mol. The summed E-state index contributed by atoms with van der Waals surface area (Å²) >= 11 is 0.